The molecule has 4 nitrogen and oxygen atoms in total. The average molecular weight is 477 g/mol. The van der Waals surface area contributed by atoms with Gasteiger partial charge >= 0.3 is 0 Å². The van der Waals surface area contributed by atoms with Crippen LogP contribution in [0, 0.1) is 53.5 Å². The van der Waals surface area contributed by atoms with Crippen LogP contribution in [0.5, 0.6) is 5.88 Å². The second-order valence-electron chi connectivity index (χ2n) is 5.69. The first-order chi connectivity index (χ1) is 13.5. The topological polar surface area (TPSA) is 55.1 Å². The Kier molecular flexibility index (Phi) is 6.29. The van der Waals surface area contributed by atoms with E-state index < -0.39 is 80.7 Å². The van der Waals surface area contributed by atoms with Crippen molar-refractivity contribution < 1.29 is 62.1 Å². The minimum Gasteiger partial charge on any atom is -0.493 e. The summed E-state index contributed by atoms with van der Waals surface area (Å²) in [5, 5.41) is 13.5. The van der Waals surface area contributed by atoms with Gasteiger partial charge in [0, 0.05) is 23.1 Å². The number of carbonyl (C=O) groups is 1. The van der Waals surface area contributed by atoms with Gasteiger partial charge in [-0.2, -0.15) is 9.78 Å². The first kappa shape index (κ1) is 23.4. The fraction of sp³-hybridized carbons (Fsp3) is 0.0588. The normalized spacial score (nSPS) is 10.8. The summed E-state index contributed by atoms with van der Waals surface area (Å²) in [7, 11) is 0. The molecule has 1 radical (unpaired) electrons. The second-order valence-corrected chi connectivity index (χ2v) is 5.69. The quantitative estimate of drug-likeness (QED) is 0.202. The van der Waals surface area contributed by atoms with Gasteiger partial charge < -0.3 is 5.11 Å². The summed E-state index contributed by atoms with van der Waals surface area (Å²) in [5.74, 6) is -19.3. The molecule has 30 heavy (non-hydrogen) atoms. The average Bonchev–Trinajstić information content (AvgIpc) is 2.95. The van der Waals surface area contributed by atoms with Gasteiger partial charge in [0.1, 0.15) is 11.3 Å². The van der Waals surface area contributed by atoms with E-state index >= 15 is 0 Å². The van der Waals surface area contributed by atoms with Gasteiger partial charge in [0.15, 0.2) is 46.5 Å². The van der Waals surface area contributed by atoms with Crippen LogP contribution in [0.4, 0.5) is 35.1 Å². The molecule has 3 aromatic rings. The molecule has 0 fully saturated rings. The zero-order valence-corrected chi connectivity index (χ0v) is 15.5. The molecule has 0 bridgehead atoms. The summed E-state index contributed by atoms with van der Waals surface area (Å²) in [4.78, 5) is 12.4. The van der Waals surface area contributed by atoms with E-state index in [1.165, 1.54) is 0 Å². The van der Waals surface area contributed by atoms with Gasteiger partial charge in [-0.3, -0.25) is 4.79 Å². The van der Waals surface area contributed by atoms with Gasteiger partial charge in [-0.1, -0.05) is 0 Å². The maximum atomic E-state index is 13.9. The summed E-state index contributed by atoms with van der Waals surface area (Å²) >= 11 is 0. The number of hydrogen-bond donors (Lipinski definition) is 1. The van der Waals surface area contributed by atoms with E-state index in [1.807, 2.05) is 0 Å². The van der Waals surface area contributed by atoms with Crippen molar-refractivity contribution in [3.63, 3.8) is 0 Å². The van der Waals surface area contributed by atoms with E-state index in [4.69, 9.17) is 0 Å². The maximum Gasteiger partial charge on any atom is 0.226 e. The van der Waals surface area contributed by atoms with Crippen LogP contribution in [0.3, 0.4) is 0 Å². The number of aromatic hydroxyl groups is 1. The van der Waals surface area contributed by atoms with Gasteiger partial charge in [0.05, 0.1) is 11.3 Å². The molecule has 0 unspecified atom stereocenters. The van der Waals surface area contributed by atoms with Crippen LogP contribution in [-0.2, 0) is 17.1 Å². The number of carbonyl (C=O) groups excluding carboxylic acids is 1. The molecule has 1 heterocycles. The SMILES string of the molecule is Cc1nn(-c2c(F)c(F)cc(F)c2F)c(O)c1C(=O)c1cc(F)c(F)c(F)c1F.[Mn]. The van der Waals surface area contributed by atoms with E-state index in [-0.39, 0.29) is 33.9 Å². The molecule has 1 N–H and O–H groups in total. The number of ketones is 1. The Bertz CT molecular complexity index is 1170. The first-order valence-corrected chi connectivity index (χ1v) is 7.47. The van der Waals surface area contributed by atoms with E-state index in [9.17, 15) is 45.0 Å². The minimum atomic E-state index is -2.32. The van der Waals surface area contributed by atoms with E-state index in [0.717, 1.165) is 6.92 Å². The van der Waals surface area contributed by atoms with Crippen molar-refractivity contribution >= 4 is 5.78 Å². The molecule has 0 saturated heterocycles. The molecular formula is C17H6F8MnN2O2. The van der Waals surface area contributed by atoms with Crippen molar-refractivity contribution in [2.75, 3.05) is 0 Å². The Hall–Kier alpha value is -2.92. The number of aromatic nitrogens is 2. The fourth-order valence-corrected chi connectivity index (χ4v) is 2.56. The van der Waals surface area contributed by atoms with Crippen LogP contribution in [0.25, 0.3) is 5.69 Å². The van der Waals surface area contributed by atoms with Crippen LogP contribution in [-0.4, -0.2) is 20.7 Å². The zero-order chi connectivity index (χ0) is 21.8. The Balaban J connectivity index is 0.00000320. The Labute approximate surface area is 172 Å². The summed E-state index contributed by atoms with van der Waals surface area (Å²) in [6, 6.07) is -0.123. The van der Waals surface area contributed by atoms with Gasteiger partial charge in [0.2, 0.25) is 11.7 Å². The monoisotopic (exact) mass is 477 g/mol. The van der Waals surface area contributed by atoms with E-state index in [0.29, 0.717) is 0 Å². The molecule has 159 valence electrons. The summed E-state index contributed by atoms with van der Waals surface area (Å²) in [6.45, 7) is 0.961. The molecule has 2 aromatic carbocycles. The number of benzene rings is 2. The van der Waals surface area contributed by atoms with Crippen LogP contribution in [0.15, 0.2) is 12.1 Å². The summed E-state index contributed by atoms with van der Waals surface area (Å²) in [6.07, 6.45) is 0. The number of hydrogen-bond acceptors (Lipinski definition) is 3. The van der Waals surface area contributed by atoms with Crippen molar-refractivity contribution in [2.24, 2.45) is 0 Å². The maximum absolute atomic E-state index is 13.9. The van der Waals surface area contributed by atoms with E-state index in [2.05, 4.69) is 5.10 Å². The first-order valence-electron chi connectivity index (χ1n) is 7.47. The van der Waals surface area contributed by atoms with Crippen molar-refractivity contribution in [3.8, 4) is 11.6 Å². The summed E-state index contributed by atoms with van der Waals surface area (Å²) in [5.41, 5.74) is -4.47. The van der Waals surface area contributed by atoms with Gasteiger partial charge in [0.25, 0.3) is 0 Å². The third-order valence-corrected chi connectivity index (χ3v) is 3.91. The standard InChI is InChI=1S/C17H6F8N2O2.Mn/c1-4-9(16(28)5-2-6(18)11(22)14(25)10(5)21)17(29)27(26-4)15-12(23)7(19)3-8(20)13(15)24;/h2-3,29H,1H3;. The molecule has 0 aliphatic heterocycles. The Morgan fingerprint density at radius 1 is 0.833 bits per heavy atom. The van der Waals surface area contributed by atoms with Crippen molar-refractivity contribution in [1.82, 2.24) is 9.78 Å². The van der Waals surface area contributed by atoms with Crippen molar-refractivity contribution in [3.05, 3.63) is 75.5 Å². The second kappa shape index (κ2) is 8.07. The number of rotatable bonds is 3. The minimum absolute atomic E-state index is 0. The Morgan fingerprint density at radius 2 is 1.33 bits per heavy atom. The molecule has 0 spiro atoms. The van der Waals surface area contributed by atoms with Crippen LogP contribution < -0.4 is 0 Å². The zero-order valence-electron chi connectivity index (χ0n) is 14.3. The van der Waals surface area contributed by atoms with Crippen LogP contribution in [0.2, 0.25) is 0 Å². The number of halogens is 8. The van der Waals surface area contributed by atoms with Crippen LogP contribution in [0.1, 0.15) is 21.6 Å². The molecule has 0 atom stereocenters. The third kappa shape index (κ3) is 3.43. The number of nitrogens with zero attached hydrogens (tertiary/aromatic N) is 2. The molecule has 0 saturated carbocycles. The van der Waals surface area contributed by atoms with Gasteiger partial charge in [-0.15, -0.1) is 0 Å². The molecule has 0 amide bonds. The van der Waals surface area contributed by atoms with Gasteiger partial charge in [-0.05, 0) is 13.0 Å². The molecule has 0 aliphatic rings. The fourth-order valence-electron chi connectivity index (χ4n) is 2.56. The molecule has 13 heteroatoms. The van der Waals surface area contributed by atoms with Crippen molar-refractivity contribution in [1.29, 1.82) is 0 Å². The Morgan fingerprint density at radius 3 is 1.87 bits per heavy atom. The molecule has 1 aromatic heterocycles. The third-order valence-electron chi connectivity index (χ3n) is 3.91. The predicted molar refractivity (Wildman–Crippen MR) is 79.5 cm³/mol. The predicted octanol–water partition coefficient (Wildman–Crippen LogP) is 4.23. The molecular weight excluding hydrogens is 471 g/mol. The van der Waals surface area contributed by atoms with E-state index in [1.54, 1.807) is 0 Å². The largest absolute Gasteiger partial charge is 0.493 e. The smallest absolute Gasteiger partial charge is 0.226 e. The number of aryl methyl sites for hydroxylation is 1. The van der Waals surface area contributed by atoms with Gasteiger partial charge in [-0.25, -0.2) is 35.1 Å². The summed E-state index contributed by atoms with van der Waals surface area (Å²) < 4.78 is 108. The van der Waals surface area contributed by atoms with Crippen molar-refractivity contribution in [2.45, 2.75) is 6.92 Å². The molecule has 0 aliphatic carbocycles. The molecule has 3 rings (SSSR count). The van der Waals surface area contributed by atoms with Crippen LogP contribution >= 0.6 is 0 Å².